The summed E-state index contributed by atoms with van der Waals surface area (Å²) in [6.45, 7) is -0.171. The first-order chi connectivity index (χ1) is 14.0. The van der Waals surface area contributed by atoms with Crippen LogP contribution in [0, 0.1) is 0 Å². The van der Waals surface area contributed by atoms with Crippen LogP contribution in [0.1, 0.15) is 5.56 Å². The summed E-state index contributed by atoms with van der Waals surface area (Å²) >= 11 is 5.51. The number of esters is 1. The zero-order valence-electron chi connectivity index (χ0n) is 16.2. The number of ether oxygens (including phenoxy) is 3. The van der Waals surface area contributed by atoms with Crippen LogP contribution in [-0.4, -0.2) is 49.8 Å². The second-order valence-electron chi connectivity index (χ2n) is 6.09. The fourth-order valence-electron chi connectivity index (χ4n) is 2.84. The van der Waals surface area contributed by atoms with Crippen LogP contribution in [-0.2, 0) is 14.3 Å². The predicted molar refractivity (Wildman–Crippen MR) is 113 cm³/mol. The van der Waals surface area contributed by atoms with Crippen molar-refractivity contribution in [1.82, 2.24) is 4.90 Å². The molecule has 1 heterocycles. The molecule has 0 aliphatic carbocycles. The van der Waals surface area contributed by atoms with Crippen LogP contribution in [0.15, 0.2) is 54.2 Å². The van der Waals surface area contributed by atoms with E-state index in [0.29, 0.717) is 17.2 Å². The number of thiocarbonyl (C=S) groups is 1. The van der Waals surface area contributed by atoms with Crippen molar-refractivity contribution in [3.63, 3.8) is 0 Å². The molecule has 150 valence electrons. The summed E-state index contributed by atoms with van der Waals surface area (Å²) in [5.41, 5.74) is 1.62. The Morgan fingerprint density at radius 3 is 2.03 bits per heavy atom. The van der Waals surface area contributed by atoms with Gasteiger partial charge in [0.05, 0.1) is 27.0 Å². The first-order valence-corrected chi connectivity index (χ1v) is 9.12. The minimum absolute atomic E-state index is 0.171. The zero-order chi connectivity index (χ0) is 21.0. The molecule has 1 aliphatic heterocycles. The molecule has 29 heavy (non-hydrogen) atoms. The summed E-state index contributed by atoms with van der Waals surface area (Å²) in [7, 11) is 4.43. The van der Waals surface area contributed by atoms with E-state index >= 15 is 0 Å². The average Bonchev–Trinajstić information content (AvgIpc) is 2.98. The van der Waals surface area contributed by atoms with Gasteiger partial charge in [-0.05, 0) is 60.3 Å². The number of nitrogens with zero attached hydrogens (tertiary/aromatic N) is 2. The summed E-state index contributed by atoms with van der Waals surface area (Å²) < 4.78 is 15.1. The number of rotatable bonds is 6. The third-order valence-electron chi connectivity index (χ3n) is 4.40. The molecule has 2 aromatic carbocycles. The van der Waals surface area contributed by atoms with Crippen molar-refractivity contribution in [2.75, 3.05) is 32.8 Å². The number of anilines is 1. The third-order valence-corrected chi connectivity index (χ3v) is 4.80. The second-order valence-corrected chi connectivity index (χ2v) is 6.45. The van der Waals surface area contributed by atoms with Crippen LogP contribution >= 0.6 is 12.2 Å². The predicted octanol–water partition coefficient (Wildman–Crippen LogP) is 2.85. The second kappa shape index (κ2) is 8.74. The fraction of sp³-hybridized carbons (Fsp3) is 0.190. The van der Waals surface area contributed by atoms with Gasteiger partial charge < -0.3 is 19.1 Å². The highest BCUT2D eigenvalue weighted by atomic mass is 32.1. The van der Waals surface area contributed by atoms with E-state index in [9.17, 15) is 9.59 Å². The highest BCUT2D eigenvalue weighted by Gasteiger charge is 2.40. The van der Waals surface area contributed by atoms with Crippen molar-refractivity contribution < 1.29 is 23.8 Å². The van der Waals surface area contributed by atoms with Gasteiger partial charge in [0.25, 0.3) is 5.91 Å². The minimum Gasteiger partial charge on any atom is -0.497 e. The molecule has 0 atom stereocenters. The largest absolute Gasteiger partial charge is 0.497 e. The Morgan fingerprint density at radius 2 is 1.52 bits per heavy atom. The van der Waals surface area contributed by atoms with Gasteiger partial charge in [0.15, 0.2) is 5.11 Å². The highest BCUT2D eigenvalue weighted by Crippen LogP contribution is 2.30. The van der Waals surface area contributed by atoms with Crippen LogP contribution in [0.25, 0.3) is 6.08 Å². The average molecular weight is 412 g/mol. The van der Waals surface area contributed by atoms with Crippen molar-refractivity contribution in [2.45, 2.75) is 0 Å². The van der Waals surface area contributed by atoms with E-state index in [0.717, 1.165) is 5.56 Å². The van der Waals surface area contributed by atoms with Gasteiger partial charge in [0.1, 0.15) is 23.7 Å². The standard InChI is InChI=1S/C21H20N2O5S/c1-26-16-8-4-14(5-9-16)12-18-20(25)23(15-6-10-17(27-2)11-7-15)21(29)22(18)13-19(24)28-3/h4-12H,13H2,1-3H3. The van der Waals surface area contributed by atoms with Gasteiger partial charge in [0, 0.05) is 0 Å². The van der Waals surface area contributed by atoms with Gasteiger partial charge in [0.2, 0.25) is 0 Å². The number of carbonyl (C=O) groups is 2. The SMILES string of the molecule is COC(=O)CN1C(=S)N(c2ccc(OC)cc2)C(=O)C1=Cc1ccc(OC)cc1. The fourth-order valence-corrected chi connectivity index (χ4v) is 3.19. The normalized spacial score (nSPS) is 15.1. The van der Waals surface area contributed by atoms with Crippen molar-refractivity contribution in [3.8, 4) is 11.5 Å². The van der Waals surface area contributed by atoms with Gasteiger partial charge in [-0.15, -0.1) is 0 Å². The van der Waals surface area contributed by atoms with E-state index in [1.165, 1.54) is 16.9 Å². The van der Waals surface area contributed by atoms with E-state index in [2.05, 4.69) is 0 Å². The lowest BCUT2D eigenvalue weighted by atomic mass is 10.1. The maximum absolute atomic E-state index is 13.2. The Kier molecular flexibility index (Phi) is 6.13. The topological polar surface area (TPSA) is 68.3 Å². The van der Waals surface area contributed by atoms with Crippen LogP contribution in [0.3, 0.4) is 0 Å². The Labute approximate surface area is 174 Å². The lowest BCUT2D eigenvalue weighted by Crippen LogP contribution is -2.35. The maximum atomic E-state index is 13.2. The molecule has 0 bridgehead atoms. The van der Waals surface area contributed by atoms with Crippen molar-refractivity contribution in [3.05, 3.63) is 59.8 Å². The van der Waals surface area contributed by atoms with Gasteiger partial charge in [-0.3, -0.25) is 14.5 Å². The first kappa shape index (κ1) is 20.3. The van der Waals surface area contributed by atoms with E-state index < -0.39 is 5.97 Å². The number of amides is 1. The molecule has 8 heteroatoms. The zero-order valence-corrected chi connectivity index (χ0v) is 17.1. The molecule has 0 unspecified atom stereocenters. The molecule has 1 aliphatic rings. The van der Waals surface area contributed by atoms with Gasteiger partial charge in [-0.25, -0.2) is 0 Å². The summed E-state index contributed by atoms with van der Waals surface area (Å²) in [6.07, 6.45) is 1.68. The molecular formula is C21H20N2O5S. The molecule has 2 aromatic rings. The number of hydrogen-bond acceptors (Lipinski definition) is 6. The monoisotopic (exact) mass is 412 g/mol. The lowest BCUT2D eigenvalue weighted by molar-refractivity contribution is -0.140. The molecule has 0 radical (unpaired) electrons. The Balaban J connectivity index is 2.00. The van der Waals surface area contributed by atoms with Crippen LogP contribution in [0.4, 0.5) is 5.69 Å². The molecule has 0 aromatic heterocycles. The van der Waals surface area contributed by atoms with Crippen molar-refractivity contribution in [1.29, 1.82) is 0 Å². The summed E-state index contributed by atoms with van der Waals surface area (Å²) in [5.74, 6) is 0.524. The molecule has 1 amide bonds. The minimum atomic E-state index is -0.502. The Hall–Kier alpha value is -3.39. The van der Waals surface area contributed by atoms with Crippen molar-refractivity contribution >= 4 is 41.0 Å². The van der Waals surface area contributed by atoms with Crippen LogP contribution in [0.2, 0.25) is 0 Å². The number of hydrogen-bond donors (Lipinski definition) is 0. The maximum Gasteiger partial charge on any atom is 0.325 e. The Morgan fingerprint density at radius 1 is 0.966 bits per heavy atom. The molecule has 1 fully saturated rings. The van der Waals surface area contributed by atoms with E-state index in [-0.39, 0.29) is 23.3 Å². The number of benzene rings is 2. The van der Waals surface area contributed by atoms with Gasteiger partial charge in [-0.2, -0.15) is 0 Å². The molecule has 0 N–H and O–H groups in total. The van der Waals surface area contributed by atoms with E-state index in [4.69, 9.17) is 26.4 Å². The molecular weight excluding hydrogens is 392 g/mol. The third kappa shape index (κ3) is 4.22. The molecule has 1 saturated heterocycles. The number of carbonyl (C=O) groups excluding carboxylic acids is 2. The summed E-state index contributed by atoms with van der Waals surface area (Å²) in [5, 5.41) is 0.199. The molecule has 7 nitrogen and oxygen atoms in total. The van der Waals surface area contributed by atoms with Gasteiger partial charge in [-0.1, -0.05) is 12.1 Å². The van der Waals surface area contributed by atoms with Crippen LogP contribution < -0.4 is 14.4 Å². The highest BCUT2D eigenvalue weighted by molar-refractivity contribution is 7.80. The Bertz CT molecular complexity index is 954. The smallest absolute Gasteiger partial charge is 0.325 e. The van der Waals surface area contributed by atoms with Crippen molar-refractivity contribution in [2.24, 2.45) is 0 Å². The first-order valence-electron chi connectivity index (χ1n) is 8.71. The lowest BCUT2D eigenvalue weighted by Gasteiger charge is -2.19. The van der Waals surface area contributed by atoms with Crippen LogP contribution in [0.5, 0.6) is 11.5 Å². The molecule has 0 saturated carbocycles. The number of methoxy groups -OCH3 is 3. The van der Waals surface area contributed by atoms with E-state index in [1.54, 1.807) is 56.7 Å². The molecule has 0 spiro atoms. The summed E-state index contributed by atoms with van der Waals surface area (Å²) in [6, 6.07) is 14.1. The van der Waals surface area contributed by atoms with Gasteiger partial charge >= 0.3 is 5.97 Å². The summed E-state index contributed by atoms with van der Waals surface area (Å²) in [4.78, 5) is 28.0. The van der Waals surface area contributed by atoms with E-state index in [1.807, 2.05) is 12.1 Å². The molecule has 3 rings (SSSR count). The quantitative estimate of drug-likeness (QED) is 0.411.